The van der Waals surface area contributed by atoms with Crippen molar-refractivity contribution in [2.75, 3.05) is 25.0 Å². The molecule has 0 unspecified atom stereocenters. The maximum absolute atomic E-state index is 12.8. The maximum Gasteiger partial charge on any atom is 0.313 e. The number of rotatable bonds is 5. The van der Waals surface area contributed by atoms with Crippen LogP contribution in [0.2, 0.25) is 0 Å². The second-order valence-corrected chi connectivity index (χ2v) is 8.97. The monoisotopic (exact) mass is 383 g/mol. The summed E-state index contributed by atoms with van der Waals surface area (Å²) in [6, 6.07) is 5.13. The summed E-state index contributed by atoms with van der Waals surface area (Å²) in [6.07, 6.45) is 2.82. The summed E-state index contributed by atoms with van der Waals surface area (Å²) in [5, 5.41) is 4.78. The van der Waals surface area contributed by atoms with Crippen LogP contribution in [-0.4, -0.2) is 49.4 Å². The minimum atomic E-state index is -3.14. The van der Waals surface area contributed by atoms with Crippen LogP contribution in [-0.2, 0) is 19.6 Å². The molecule has 1 aromatic carbocycles. The van der Waals surface area contributed by atoms with Gasteiger partial charge in [0.1, 0.15) is 5.82 Å². The minimum absolute atomic E-state index is 0.142. The third kappa shape index (κ3) is 4.59. The summed E-state index contributed by atoms with van der Waals surface area (Å²) in [4.78, 5) is 23.7. The molecule has 142 valence electrons. The van der Waals surface area contributed by atoms with Gasteiger partial charge in [-0.15, -0.1) is 0 Å². The largest absolute Gasteiger partial charge is 0.348 e. The highest BCUT2D eigenvalue weighted by atomic mass is 32.2. The Bertz CT molecular complexity index is 770. The topological polar surface area (TPSA) is 95.6 Å². The summed E-state index contributed by atoms with van der Waals surface area (Å²) < 4.78 is 38.7. The molecule has 1 aliphatic heterocycles. The normalized spacial score (nSPS) is 19.1. The van der Waals surface area contributed by atoms with E-state index in [2.05, 4.69) is 10.6 Å². The fraction of sp³-hybridized carbons (Fsp3) is 0.529. The third-order valence-electron chi connectivity index (χ3n) is 4.74. The summed E-state index contributed by atoms with van der Waals surface area (Å²) >= 11 is 0. The van der Waals surface area contributed by atoms with E-state index in [9.17, 15) is 22.4 Å². The molecule has 2 aliphatic rings. The van der Waals surface area contributed by atoms with E-state index in [0.717, 1.165) is 12.8 Å². The Morgan fingerprint density at radius 3 is 2.23 bits per heavy atom. The molecule has 0 spiro atoms. The summed E-state index contributed by atoms with van der Waals surface area (Å²) in [7, 11) is -3.14. The van der Waals surface area contributed by atoms with Crippen LogP contribution >= 0.6 is 0 Å². The van der Waals surface area contributed by atoms with E-state index in [1.165, 1.54) is 24.3 Å². The number of amides is 2. The van der Waals surface area contributed by atoms with E-state index in [-0.39, 0.29) is 11.2 Å². The van der Waals surface area contributed by atoms with Crippen LogP contribution in [0.1, 0.15) is 25.7 Å². The van der Waals surface area contributed by atoms with Crippen molar-refractivity contribution in [3.05, 3.63) is 30.1 Å². The van der Waals surface area contributed by atoms with Gasteiger partial charge < -0.3 is 10.6 Å². The molecule has 0 atom stereocenters. The van der Waals surface area contributed by atoms with Gasteiger partial charge in [0.2, 0.25) is 10.0 Å². The Balaban J connectivity index is 1.41. The number of carbonyl (C=O) groups excluding carboxylic acids is 2. The van der Waals surface area contributed by atoms with Gasteiger partial charge in [0.25, 0.3) is 0 Å². The average molecular weight is 383 g/mol. The average Bonchev–Trinajstić information content (AvgIpc) is 3.47. The molecule has 0 radical (unpaired) electrons. The summed E-state index contributed by atoms with van der Waals surface area (Å²) in [5.74, 6) is -1.86. The van der Waals surface area contributed by atoms with Crippen molar-refractivity contribution < 1.29 is 22.4 Å². The number of anilines is 1. The second-order valence-electron chi connectivity index (χ2n) is 6.76. The van der Waals surface area contributed by atoms with Crippen molar-refractivity contribution in [2.24, 2.45) is 5.92 Å². The van der Waals surface area contributed by atoms with Gasteiger partial charge in [-0.25, -0.2) is 17.1 Å². The molecule has 1 aliphatic carbocycles. The number of sulfonamides is 1. The summed E-state index contributed by atoms with van der Waals surface area (Å²) in [5.41, 5.74) is 0.338. The molecule has 2 fully saturated rings. The van der Waals surface area contributed by atoms with Crippen molar-refractivity contribution in [1.82, 2.24) is 9.62 Å². The van der Waals surface area contributed by atoms with Crippen LogP contribution < -0.4 is 10.6 Å². The number of hydrogen-bond donors (Lipinski definition) is 2. The molecule has 3 rings (SSSR count). The quantitative estimate of drug-likeness (QED) is 0.744. The molecule has 2 N–H and O–H groups in total. The van der Waals surface area contributed by atoms with Gasteiger partial charge in [-0.2, -0.15) is 0 Å². The number of nitrogens with zero attached hydrogens (tertiary/aromatic N) is 1. The fourth-order valence-electron chi connectivity index (χ4n) is 2.98. The van der Waals surface area contributed by atoms with Crippen LogP contribution in [0.5, 0.6) is 0 Å². The lowest BCUT2D eigenvalue weighted by molar-refractivity contribution is -0.136. The molecule has 26 heavy (non-hydrogen) atoms. The van der Waals surface area contributed by atoms with Gasteiger partial charge >= 0.3 is 11.8 Å². The highest BCUT2D eigenvalue weighted by molar-refractivity contribution is 7.90. The molecule has 0 bridgehead atoms. The molecule has 0 aromatic heterocycles. The van der Waals surface area contributed by atoms with Crippen molar-refractivity contribution in [1.29, 1.82) is 0 Å². The number of hydrogen-bond acceptors (Lipinski definition) is 4. The van der Waals surface area contributed by atoms with E-state index in [0.29, 0.717) is 38.2 Å². The number of carbonyl (C=O) groups is 2. The zero-order valence-corrected chi connectivity index (χ0v) is 15.1. The zero-order chi connectivity index (χ0) is 18.7. The van der Waals surface area contributed by atoms with Gasteiger partial charge in [-0.1, -0.05) is 0 Å². The van der Waals surface area contributed by atoms with Gasteiger partial charge in [0.15, 0.2) is 0 Å². The van der Waals surface area contributed by atoms with Gasteiger partial charge in [-0.3, -0.25) is 9.59 Å². The van der Waals surface area contributed by atoms with Crippen LogP contribution in [0.3, 0.4) is 0 Å². The first kappa shape index (κ1) is 18.8. The lowest BCUT2D eigenvalue weighted by atomic mass is 9.98. The SMILES string of the molecule is O=C(NCC1CCN(S(=O)(=O)C2CC2)CC1)C(=O)Nc1ccc(F)cc1. The highest BCUT2D eigenvalue weighted by Crippen LogP contribution is 2.33. The molecular formula is C17H22FN3O4S. The molecule has 1 aromatic rings. The predicted octanol–water partition coefficient (Wildman–Crippen LogP) is 1.08. The van der Waals surface area contributed by atoms with Crippen molar-refractivity contribution >= 4 is 27.5 Å². The van der Waals surface area contributed by atoms with Crippen LogP contribution in [0.15, 0.2) is 24.3 Å². The summed E-state index contributed by atoms with van der Waals surface area (Å²) in [6.45, 7) is 1.25. The zero-order valence-electron chi connectivity index (χ0n) is 14.3. The highest BCUT2D eigenvalue weighted by Gasteiger charge is 2.41. The predicted molar refractivity (Wildman–Crippen MR) is 94.3 cm³/mol. The lowest BCUT2D eigenvalue weighted by Crippen LogP contribution is -2.44. The molecule has 1 saturated carbocycles. The van der Waals surface area contributed by atoms with E-state index < -0.39 is 27.7 Å². The smallest absolute Gasteiger partial charge is 0.313 e. The van der Waals surface area contributed by atoms with Crippen LogP contribution in [0.4, 0.5) is 10.1 Å². The second kappa shape index (κ2) is 7.71. The number of nitrogens with one attached hydrogen (secondary N) is 2. The fourth-order valence-corrected chi connectivity index (χ4v) is 4.86. The number of halogens is 1. The Morgan fingerprint density at radius 1 is 1.04 bits per heavy atom. The van der Waals surface area contributed by atoms with Gasteiger partial charge in [0, 0.05) is 25.3 Å². The Kier molecular flexibility index (Phi) is 5.57. The number of benzene rings is 1. The minimum Gasteiger partial charge on any atom is -0.348 e. The number of piperidine rings is 1. The van der Waals surface area contributed by atoms with Crippen molar-refractivity contribution in [3.63, 3.8) is 0 Å². The standard InChI is InChI=1S/C17H22FN3O4S/c18-13-1-3-14(4-2-13)20-17(23)16(22)19-11-12-7-9-21(10-8-12)26(24,25)15-5-6-15/h1-4,12,15H,5-11H2,(H,19,22)(H,20,23). The lowest BCUT2D eigenvalue weighted by Gasteiger charge is -2.31. The Labute approximate surface area is 152 Å². The Morgan fingerprint density at radius 2 is 1.65 bits per heavy atom. The van der Waals surface area contributed by atoms with Crippen molar-refractivity contribution in [3.8, 4) is 0 Å². The van der Waals surface area contributed by atoms with Crippen LogP contribution in [0, 0.1) is 11.7 Å². The third-order valence-corrected chi connectivity index (χ3v) is 7.14. The van der Waals surface area contributed by atoms with E-state index in [4.69, 9.17) is 0 Å². The molecule has 7 nitrogen and oxygen atoms in total. The molecule has 1 saturated heterocycles. The Hall–Kier alpha value is -2.00. The molecular weight excluding hydrogens is 361 g/mol. The molecule has 9 heteroatoms. The van der Waals surface area contributed by atoms with E-state index >= 15 is 0 Å². The molecule has 2 amide bonds. The van der Waals surface area contributed by atoms with Gasteiger partial charge in [-0.05, 0) is 55.9 Å². The van der Waals surface area contributed by atoms with Crippen molar-refractivity contribution in [2.45, 2.75) is 30.9 Å². The van der Waals surface area contributed by atoms with Crippen LogP contribution in [0.25, 0.3) is 0 Å². The molecule has 1 heterocycles. The van der Waals surface area contributed by atoms with E-state index in [1.807, 2.05) is 0 Å². The van der Waals surface area contributed by atoms with Gasteiger partial charge in [0.05, 0.1) is 5.25 Å². The maximum atomic E-state index is 12.8. The first-order valence-electron chi connectivity index (χ1n) is 8.70. The first-order chi connectivity index (χ1) is 12.4. The first-order valence-corrected chi connectivity index (χ1v) is 10.2. The van der Waals surface area contributed by atoms with E-state index in [1.54, 1.807) is 4.31 Å².